The molecule has 2 saturated heterocycles. The van der Waals surface area contributed by atoms with Gasteiger partial charge in [0.25, 0.3) is 0 Å². The largest absolute Gasteiger partial charge is 0.354 e. The van der Waals surface area contributed by atoms with Gasteiger partial charge in [-0.2, -0.15) is 0 Å². The molecule has 2 atom stereocenters. The average molecular weight is 416 g/mol. The maximum atomic E-state index is 13.8. The highest BCUT2D eigenvalue weighted by Crippen LogP contribution is 2.27. The normalized spacial score (nSPS) is 24.4. The van der Waals surface area contributed by atoms with Crippen LogP contribution in [0, 0.1) is 11.2 Å². The molecule has 0 bridgehead atoms. The van der Waals surface area contributed by atoms with Crippen molar-refractivity contribution in [2.24, 2.45) is 5.41 Å². The molecule has 0 aliphatic carbocycles. The van der Waals surface area contributed by atoms with Gasteiger partial charge in [-0.25, -0.2) is 4.39 Å². The van der Waals surface area contributed by atoms with E-state index in [9.17, 15) is 14.0 Å². The van der Waals surface area contributed by atoms with Crippen LogP contribution in [-0.4, -0.2) is 48.5 Å². The van der Waals surface area contributed by atoms with E-state index in [-0.39, 0.29) is 40.7 Å². The lowest BCUT2D eigenvalue weighted by Crippen LogP contribution is -2.56. The summed E-state index contributed by atoms with van der Waals surface area (Å²) in [5.74, 6) is -0.113. The lowest BCUT2D eigenvalue weighted by Gasteiger charge is -2.35. The number of hydrogen-bond acceptors (Lipinski definition) is 4. The van der Waals surface area contributed by atoms with Gasteiger partial charge in [0, 0.05) is 12.3 Å². The van der Waals surface area contributed by atoms with Gasteiger partial charge < -0.3 is 16.0 Å². The Labute approximate surface area is 170 Å². The number of benzene rings is 1. The molecular formula is C19H27ClFN3O2S. The van der Waals surface area contributed by atoms with Crippen molar-refractivity contribution >= 4 is 36.0 Å². The Morgan fingerprint density at radius 3 is 2.70 bits per heavy atom. The molecule has 1 aromatic carbocycles. The van der Waals surface area contributed by atoms with Crippen LogP contribution in [0.1, 0.15) is 25.3 Å². The highest BCUT2D eigenvalue weighted by Gasteiger charge is 2.34. The smallest absolute Gasteiger partial charge is 0.243 e. The number of piperidine rings is 1. The van der Waals surface area contributed by atoms with Crippen molar-refractivity contribution in [1.29, 1.82) is 0 Å². The number of thioether (sulfide) groups is 1. The molecule has 0 aromatic heterocycles. The number of carbonyl (C=O) groups is 2. The zero-order chi connectivity index (χ0) is 18.6. The third-order valence-corrected chi connectivity index (χ3v) is 6.56. The fourth-order valence-electron chi connectivity index (χ4n) is 3.38. The molecule has 2 aliphatic heterocycles. The maximum Gasteiger partial charge on any atom is 0.243 e. The SMILES string of the molecule is CC1(CNC(=O)C2CSC(Cc3ccccc3F)C(=O)N2)CCNCC1.Cl. The lowest BCUT2D eigenvalue weighted by molar-refractivity contribution is -0.128. The number of amides is 2. The summed E-state index contributed by atoms with van der Waals surface area (Å²) >= 11 is 1.42. The van der Waals surface area contributed by atoms with E-state index in [2.05, 4.69) is 22.9 Å². The zero-order valence-corrected chi connectivity index (χ0v) is 17.1. The van der Waals surface area contributed by atoms with E-state index in [1.807, 2.05) is 0 Å². The van der Waals surface area contributed by atoms with Gasteiger partial charge in [-0.15, -0.1) is 24.2 Å². The second-order valence-corrected chi connectivity index (χ2v) is 8.69. The first-order chi connectivity index (χ1) is 12.5. The molecule has 3 rings (SSSR count). The lowest BCUT2D eigenvalue weighted by atomic mass is 9.81. The van der Waals surface area contributed by atoms with Crippen molar-refractivity contribution in [3.05, 3.63) is 35.6 Å². The molecule has 0 radical (unpaired) electrons. The highest BCUT2D eigenvalue weighted by atomic mass is 35.5. The van der Waals surface area contributed by atoms with Gasteiger partial charge in [0.15, 0.2) is 0 Å². The molecule has 0 spiro atoms. The van der Waals surface area contributed by atoms with E-state index in [1.165, 1.54) is 17.8 Å². The Balaban J connectivity index is 0.00000261. The van der Waals surface area contributed by atoms with Crippen LogP contribution in [0.3, 0.4) is 0 Å². The second kappa shape index (κ2) is 9.75. The summed E-state index contributed by atoms with van der Waals surface area (Å²) in [4.78, 5) is 24.8. The first-order valence-corrected chi connectivity index (χ1v) is 10.2. The van der Waals surface area contributed by atoms with E-state index < -0.39 is 6.04 Å². The minimum Gasteiger partial charge on any atom is -0.354 e. The molecule has 2 fully saturated rings. The summed E-state index contributed by atoms with van der Waals surface area (Å²) in [6.45, 7) is 4.76. The van der Waals surface area contributed by atoms with Gasteiger partial charge in [0.05, 0.1) is 5.25 Å². The predicted octanol–water partition coefficient (Wildman–Crippen LogP) is 1.90. The van der Waals surface area contributed by atoms with Crippen LogP contribution in [0.25, 0.3) is 0 Å². The molecule has 5 nitrogen and oxygen atoms in total. The summed E-state index contributed by atoms with van der Waals surface area (Å²) in [6.07, 6.45) is 2.40. The van der Waals surface area contributed by atoms with E-state index in [0.29, 0.717) is 24.3 Å². The quantitative estimate of drug-likeness (QED) is 0.687. The van der Waals surface area contributed by atoms with Gasteiger partial charge in [0.1, 0.15) is 11.9 Å². The molecule has 1 aromatic rings. The maximum absolute atomic E-state index is 13.8. The first-order valence-electron chi connectivity index (χ1n) is 9.11. The fourth-order valence-corrected chi connectivity index (χ4v) is 4.56. The number of hydrogen-bond donors (Lipinski definition) is 3. The van der Waals surface area contributed by atoms with Crippen molar-refractivity contribution < 1.29 is 14.0 Å². The summed E-state index contributed by atoms with van der Waals surface area (Å²) in [5, 5.41) is 8.76. The average Bonchev–Trinajstić information content (AvgIpc) is 2.64. The Morgan fingerprint density at radius 1 is 1.33 bits per heavy atom. The Hall–Kier alpha value is -1.31. The van der Waals surface area contributed by atoms with E-state index >= 15 is 0 Å². The fraction of sp³-hybridized carbons (Fsp3) is 0.579. The van der Waals surface area contributed by atoms with Crippen molar-refractivity contribution in [2.45, 2.75) is 37.5 Å². The van der Waals surface area contributed by atoms with Crippen LogP contribution >= 0.6 is 24.2 Å². The third-order valence-electron chi connectivity index (χ3n) is 5.25. The van der Waals surface area contributed by atoms with E-state index in [1.54, 1.807) is 18.2 Å². The van der Waals surface area contributed by atoms with Crippen molar-refractivity contribution in [3.63, 3.8) is 0 Å². The minimum absolute atomic E-state index is 0. The van der Waals surface area contributed by atoms with E-state index in [4.69, 9.17) is 0 Å². The Kier molecular flexibility index (Phi) is 7.94. The van der Waals surface area contributed by atoms with Crippen LogP contribution in [0.2, 0.25) is 0 Å². The molecule has 27 heavy (non-hydrogen) atoms. The molecule has 2 aliphatic rings. The standard InChI is InChI=1S/C19H26FN3O2S.ClH/c1-19(6-8-21-9-7-19)12-22-17(24)15-11-26-16(18(25)23-15)10-13-4-2-3-5-14(13)20;/h2-5,15-16,21H,6-12H2,1H3,(H,22,24)(H,23,25);1H. The molecule has 2 unspecified atom stereocenters. The van der Waals surface area contributed by atoms with Crippen LogP contribution in [0.5, 0.6) is 0 Å². The molecular weight excluding hydrogens is 389 g/mol. The highest BCUT2D eigenvalue weighted by molar-refractivity contribution is 8.00. The number of halogens is 2. The molecule has 8 heteroatoms. The van der Waals surface area contributed by atoms with Crippen LogP contribution in [0.15, 0.2) is 24.3 Å². The number of carbonyl (C=O) groups excluding carboxylic acids is 2. The Bertz CT molecular complexity index is 670. The van der Waals surface area contributed by atoms with Crippen LogP contribution < -0.4 is 16.0 Å². The summed E-state index contributed by atoms with van der Waals surface area (Å²) in [5.41, 5.74) is 0.641. The predicted molar refractivity (Wildman–Crippen MR) is 109 cm³/mol. The minimum atomic E-state index is -0.519. The molecule has 2 heterocycles. The van der Waals surface area contributed by atoms with Crippen LogP contribution in [-0.2, 0) is 16.0 Å². The molecule has 3 N–H and O–H groups in total. The van der Waals surface area contributed by atoms with Gasteiger partial charge in [-0.1, -0.05) is 25.1 Å². The van der Waals surface area contributed by atoms with Gasteiger partial charge >= 0.3 is 0 Å². The van der Waals surface area contributed by atoms with Gasteiger partial charge in [-0.3, -0.25) is 9.59 Å². The number of rotatable bonds is 5. The van der Waals surface area contributed by atoms with Crippen molar-refractivity contribution in [2.75, 3.05) is 25.4 Å². The Morgan fingerprint density at radius 2 is 2.04 bits per heavy atom. The molecule has 2 amide bonds. The van der Waals surface area contributed by atoms with Gasteiger partial charge in [0.2, 0.25) is 11.8 Å². The zero-order valence-electron chi connectivity index (χ0n) is 15.4. The summed E-state index contributed by atoms with van der Waals surface area (Å²) in [7, 11) is 0. The van der Waals surface area contributed by atoms with Gasteiger partial charge in [-0.05, 0) is 49.4 Å². The monoisotopic (exact) mass is 415 g/mol. The summed E-state index contributed by atoms with van der Waals surface area (Å²) < 4.78 is 13.8. The molecule has 0 saturated carbocycles. The molecule has 150 valence electrons. The first kappa shape index (κ1) is 22.0. The second-order valence-electron chi connectivity index (χ2n) is 7.46. The number of nitrogens with one attached hydrogen (secondary N) is 3. The van der Waals surface area contributed by atoms with E-state index in [0.717, 1.165) is 25.9 Å². The van der Waals surface area contributed by atoms with Crippen molar-refractivity contribution in [3.8, 4) is 0 Å². The van der Waals surface area contributed by atoms with Crippen molar-refractivity contribution in [1.82, 2.24) is 16.0 Å². The summed E-state index contributed by atoms with van der Waals surface area (Å²) in [6, 6.07) is 5.98. The topological polar surface area (TPSA) is 70.2 Å². The third kappa shape index (κ3) is 5.83. The van der Waals surface area contributed by atoms with Crippen LogP contribution in [0.4, 0.5) is 4.39 Å².